The topological polar surface area (TPSA) is 89.5 Å². The molecule has 0 fully saturated rings. The van der Waals surface area contributed by atoms with Crippen molar-refractivity contribution < 1.29 is 19.8 Å². The van der Waals surface area contributed by atoms with E-state index >= 15 is 0 Å². The van der Waals surface area contributed by atoms with Crippen molar-refractivity contribution in [3.8, 4) is 5.75 Å². The van der Waals surface area contributed by atoms with Crippen molar-refractivity contribution in [3.05, 3.63) is 36.0 Å². The van der Waals surface area contributed by atoms with Crippen molar-refractivity contribution in [3.63, 3.8) is 0 Å². The van der Waals surface area contributed by atoms with E-state index in [2.05, 4.69) is 5.32 Å². The minimum Gasteiger partial charge on any atom is -0.872 e. The number of nitrogens with one attached hydrogen (secondary N) is 1. The lowest BCUT2D eigenvalue weighted by Crippen LogP contribution is -2.17. The van der Waals surface area contributed by atoms with E-state index in [-0.39, 0.29) is 11.3 Å². The van der Waals surface area contributed by atoms with Gasteiger partial charge in [0.15, 0.2) is 5.78 Å². The molecule has 102 valence electrons. The number of benzene rings is 1. The Morgan fingerprint density at radius 2 is 1.95 bits per heavy atom. The Labute approximate surface area is 111 Å². The van der Waals surface area contributed by atoms with E-state index in [1.54, 1.807) is 20.8 Å². The van der Waals surface area contributed by atoms with E-state index < -0.39 is 17.1 Å². The zero-order chi connectivity index (χ0) is 14.6. The second-order valence-electron chi connectivity index (χ2n) is 5.11. The number of allylic oxidation sites excluding steroid dienone is 1. The standard InChI is InChI=1S/C14H17NO4/c1-14(2,3)12(17)6-7-15-9-4-5-10(13(18)19)11(16)8-9/h4-8,15-16H,1-3H3,(H,18,19)/p-1/b7-6+. The van der Waals surface area contributed by atoms with E-state index in [9.17, 15) is 14.7 Å². The van der Waals surface area contributed by atoms with Crippen molar-refractivity contribution in [2.75, 3.05) is 5.32 Å². The van der Waals surface area contributed by atoms with E-state index in [4.69, 9.17) is 5.11 Å². The largest absolute Gasteiger partial charge is 0.872 e. The van der Waals surface area contributed by atoms with Crippen molar-refractivity contribution in [1.29, 1.82) is 0 Å². The molecule has 0 aromatic heterocycles. The molecule has 5 heteroatoms. The summed E-state index contributed by atoms with van der Waals surface area (Å²) in [7, 11) is 0. The average Bonchev–Trinajstić information content (AvgIpc) is 2.27. The van der Waals surface area contributed by atoms with Crippen molar-refractivity contribution in [1.82, 2.24) is 0 Å². The molecule has 19 heavy (non-hydrogen) atoms. The molecule has 0 aliphatic heterocycles. The van der Waals surface area contributed by atoms with Gasteiger partial charge in [0.1, 0.15) is 0 Å². The Morgan fingerprint density at radius 1 is 1.32 bits per heavy atom. The van der Waals surface area contributed by atoms with E-state index in [0.717, 1.165) is 0 Å². The molecule has 0 radical (unpaired) electrons. The zero-order valence-electron chi connectivity index (χ0n) is 11.1. The third-order valence-corrected chi connectivity index (χ3v) is 2.44. The number of carbonyl (C=O) groups excluding carboxylic acids is 1. The second-order valence-corrected chi connectivity index (χ2v) is 5.11. The van der Waals surface area contributed by atoms with Crippen LogP contribution in [0.5, 0.6) is 5.75 Å². The molecular formula is C14H16NO4-. The maximum atomic E-state index is 11.6. The van der Waals surface area contributed by atoms with Gasteiger partial charge < -0.3 is 15.5 Å². The Morgan fingerprint density at radius 3 is 2.42 bits per heavy atom. The summed E-state index contributed by atoms with van der Waals surface area (Å²) in [5.74, 6) is -1.88. The highest BCUT2D eigenvalue weighted by Crippen LogP contribution is 2.20. The summed E-state index contributed by atoms with van der Waals surface area (Å²) in [5.41, 5.74) is -0.303. The number of hydrogen-bond acceptors (Lipinski definition) is 4. The Bertz CT molecular complexity index is 527. The highest BCUT2D eigenvalue weighted by atomic mass is 16.4. The third kappa shape index (κ3) is 4.13. The number of anilines is 1. The van der Waals surface area contributed by atoms with Crippen molar-refractivity contribution in [2.45, 2.75) is 20.8 Å². The molecule has 0 amide bonds. The normalized spacial score (nSPS) is 11.5. The zero-order valence-corrected chi connectivity index (χ0v) is 11.1. The Balaban J connectivity index is 2.75. The second kappa shape index (κ2) is 5.56. The predicted molar refractivity (Wildman–Crippen MR) is 70.1 cm³/mol. The lowest BCUT2D eigenvalue weighted by atomic mass is 9.91. The van der Waals surface area contributed by atoms with Gasteiger partial charge in [-0.25, -0.2) is 4.79 Å². The van der Waals surface area contributed by atoms with E-state index in [0.29, 0.717) is 5.69 Å². The summed E-state index contributed by atoms with van der Waals surface area (Å²) in [6.07, 6.45) is 2.82. The molecule has 0 bridgehead atoms. The molecule has 2 N–H and O–H groups in total. The van der Waals surface area contributed by atoms with Gasteiger partial charge in [0.25, 0.3) is 0 Å². The molecule has 5 nitrogen and oxygen atoms in total. The van der Waals surface area contributed by atoms with E-state index in [1.165, 1.54) is 30.5 Å². The summed E-state index contributed by atoms with van der Waals surface area (Å²) in [5, 5.41) is 22.9. The first kappa shape index (κ1) is 14.8. The third-order valence-electron chi connectivity index (χ3n) is 2.44. The van der Waals surface area contributed by atoms with Gasteiger partial charge in [0, 0.05) is 17.3 Å². The predicted octanol–water partition coefficient (Wildman–Crippen LogP) is 2.00. The quantitative estimate of drug-likeness (QED) is 0.810. The van der Waals surface area contributed by atoms with Gasteiger partial charge >= 0.3 is 5.97 Å². The monoisotopic (exact) mass is 262 g/mol. The molecule has 0 unspecified atom stereocenters. The van der Waals surface area contributed by atoms with Gasteiger partial charge in [0.05, 0.1) is 5.56 Å². The van der Waals surface area contributed by atoms with Gasteiger partial charge in [-0.15, -0.1) is 0 Å². The molecule has 1 aromatic carbocycles. The smallest absolute Gasteiger partial charge is 0.335 e. The molecule has 0 aliphatic rings. The van der Waals surface area contributed by atoms with Crippen LogP contribution in [0.3, 0.4) is 0 Å². The van der Waals surface area contributed by atoms with Crippen LogP contribution in [0.15, 0.2) is 30.5 Å². The number of carbonyl (C=O) groups is 2. The average molecular weight is 262 g/mol. The van der Waals surface area contributed by atoms with Gasteiger partial charge in [-0.1, -0.05) is 26.5 Å². The fourth-order valence-electron chi connectivity index (χ4n) is 1.25. The first-order valence-electron chi connectivity index (χ1n) is 5.73. The number of aromatic carboxylic acids is 1. The Hall–Kier alpha value is -2.30. The molecule has 0 atom stereocenters. The highest BCUT2D eigenvalue weighted by molar-refractivity contribution is 5.94. The van der Waals surface area contributed by atoms with Gasteiger partial charge in [-0.3, -0.25) is 4.79 Å². The summed E-state index contributed by atoms with van der Waals surface area (Å²) >= 11 is 0. The SMILES string of the molecule is CC(C)(C)C(=O)/C=C/Nc1ccc(C(=O)O)c([O-])c1. The number of carboxylic acids is 1. The lowest BCUT2D eigenvalue weighted by molar-refractivity contribution is -0.268. The van der Waals surface area contributed by atoms with Crippen LogP contribution < -0.4 is 10.4 Å². The highest BCUT2D eigenvalue weighted by Gasteiger charge is 2.17. The van der Waals surface area contributed by atoms with Gasteiger partial charge in [0.2, 0.25) is 0 Å². The number of ketones is 1. The van der Waals surface area contributed by atoms with E-state index in [1.807, 2.05) is 0 Å². The summed E-state index contributed by atoms with van der Waals surface area (Å²) < 4.78 is 0. The first-order valence-corrected chi connectivity index (χ1v) is 5.73. The lowest BCUT2D eigenvalue weighted by Gasteiger charge is -2.14. The molecule has 1 rings (SSSR count). The molecule has 0 heterocycles. The molecule has 0 saturated carbocycles. The van der Waals surface area contributed by atoms with Gasteiger partial charge in [-0.05, 0) is 24.3 Å². The maximum Gasteiger partial charge on any atom is 0.335 e. The number of hydrogen-bond donors (Lipinski definition) is 2. The molecule has 1 aromatic rings. The first-order chi connectivity index (χ1) is 8.71. The molecule has 0 aliphatic carbocycles. The molecule has 0 saturated heterocycles. The van der Waals surface area contributed by atoms with Crippen molar-refractivity contribution >= 4 is 17.4 Å². The van der Waals surface area contributed by atoms with Gasteiger partial charge in [-0.2, -0.15) is 0 Å². The Kier molecular flexibility index (Phi) is 4.32. The summed E-state index contributed by atoms with van der Waals surface area (Å²) in [4.78, 5) is 22.3. The van der Waals surface area contributed by atoms with Crippen LogP contribution >= 0.6 is 0 Å². The van der Waals surface area contributed by atoms with Crippen molar-refractivity contribution in [2.24, 2.45) is 5.41 Å². The van der Waals surface area contributed by atoms with Crippen LogP contribution in [0.2, 0.25) is 0 Å². The molecule has 0 spiro atoms. The number of rotatable bonds is 4. The van der Waals surface area contributed by atoms with Crippen LogP contribution in [0, 0.1) is 5.41 Å². The maximum absolute atomic E-state index is 11.6. The summed E-state index contributed by atoms with van der Waals surface area (Å²) in [6.45, 7) is 5.41. The van der Waals surface area contributed by atoms with Crippen LogP contribution in [-0.2, 0) is 4.79 Å². The minimum absolute atomic E-state index is 0.0514. The fourth-order valence-corrected chi connectivity index (χ4v) is 1.25. The fraction of sp³-hybridized carbons (Fsp3) is 0.286. The van der Waals surface area contributed by atoms with Crippen LogP contribution in [-0.4, -0.2) is 16.9 Å². The van der Waals surface area contributed by atoms with Crippen LogP contribution in [0.4, 0.5) is 5.69 Å². The van der Waals surface area contributed by atoms with Crippen LogP contribution in [0.25, 0.3) is 0 Å². The molecular weight excluding hydrogens is 246 g/mol. The number of carboxylic acid groups (broad SMARTS) is 1. The minimum atomic E-state index is -1.25. The van der Waals surface area contributed by atoms with Crippen LogP contribution in [0.1, 0.15) is 31.1 Å². The summed E-state index contributed by atoms with van der Waals surface area (Å²) in [6, 6.07) is 3.87.